The first kappa shape index (κ1) is 13.9. The standard InChI is InChI=1S/C17H15N3O2/c1-22-16-10-6-5-9-13(16)14-11-15(20-19-14)17(21)18-12-7-3-2-4-8-12/h2-11H,1H3,(H,18,21)(H,19,20). The van der Waals surface area contributed by atoms with Crippen LogP contribution in [-0.4, -0.2) is 23.2 Å². The van der Waals surface area contributed by atoms with E-state index in [4.69, 9.17) is 4.74 Å². The van der Waals surface area contributed by atoms with Crippen molar-refractivity contribution in [1.29, 1.82) is 0 Å². The van der Waals surface area contributed by atoms with Crippen LogP contribution in [0.4, 0.5) is 5.69 Å². The van der Waals surface area contributed by atoms with Crippen LogP contribution in [0.5, 0.6) is 5.75 Å². The molecule has 1 amide bonds. The fourth-order valence-corrected chi connectivity index (χ4v) is 2.15. The summed E-state index contributed by atoms with van der Waals surface area (Å²) in [4.78, 5) is 12.2. The van der Waals surface area contributed by atoms with Crippen LogP contribution in [0.1, 0.15) is 10.5 Å². The van der Waals surface area contributed by atoms with Gasteiger partial charge in [-0.05, 0) is 30.3 Å². The first-order valence-corrected chi connectivity index (χ1v) is 6.83. The van der Waals surface area contributed by atoms with E-state index in [0.717, 1.165) is 11.3 Å². The van der Waals surface area contributed by atoms with Crippen molar-refractivity contribution in [3.8, 4) is 17.0 Å². The molecule has 1 heterocycles. The van der Waals surface area contributed by atoms with Crippen LogP contribution < -0.4 is 10.1 Å². The molecule has 5 nitrogen and oxygen atoms in total. The predicted octanol–water partition coefficient (Wildman–Crippen LogP) is 3.34. The van der Waals surface area contributed by atoms with Gasteiger partial charge in [-0.2, -0.15) is 5.10 Å². The third-order valence-electron chi connectivity index (χ3n) is 3.24. The predicted molar refractivity (Wildman–Crippen MR) is 85.0 cm³/mol. The van der Waals surface area contributed by atoms with E-state index in [9.17, 15) is 4.79 Å². The van der Waals surface area contributed by atoms with E-state index >= 15 is 0 Å². The quantitative estimate of drug-likeness (QED) is 0.775. The van der Waals surface area contributed by atoms with Crippen molar-refractivity contribution in [3.05, 3.63) is 66.4 Å². The van der Waals surface area contributed by atoms with Crippen LogP contribution in [0.25, 0.3) is 11.3 Å². The Morgan fingerprint density at radius 1 is 1.09 bits per heavy atom. The highest BCUT2D eigenvalue weighted by Crippen LogP contribution is 2.28. The lowest BCUT2D eigenvalue weighted by atomic mass is 10.1. The van der Waals surface area contributed by atoms with E-state index < -0.39 is 0 Å². The maximum Gasteiger partial charge on any atom is 0.273 e. The Morgan fingerprint density at radius 2 is 1.82 bits per heavy atom. The summed E-state index contributed by atoms with van der Waals surface area (Å²) in [6.07, 6.45) is 0. The summed E-state index contributed by atoms with van der Waals surface area (Å²) in [6, 6.07) is 18.5. The highest BCUT2D eigenvalue weighted by atomic mass is 16.5. The van der Waals surface area contributed by atoms with Gasteiger partial charge in [-0.3, -0.25) is 9.89 Å². The Morgan fingerprint density at radius 3 is 2.59 bits per heavy atom. The monoisotopic (exact) mass is 293 g/mol. The summed E-state index contributed by atoms with van der Waals surface area (Å²) in [7, 11) is 1.61. The van der Waals surface area contributed by atoms with Crippen molar-refractivity contribution in [3.63, 3.8) is 0 Å². The zero-order valence-corrected chi connectivity index (χ0v) is 12.0. The van der Waals surface area contributed by atoms with Crippen LogP contribution in [0.2, 0.25) is 0 Å². The molecule has 0 atom stereocenters. The van der Waals surface area contributed by atoms with Gasteiger partial charge in [0.15, 0.2) is 0 Å². The molecule has 0 bridgehead atoms. The molecule has 22 heavy (non-hydrogen) atoms. The molecule has 0 saturated carbocycles. The van der Waals surface area contributed by atoms with Gasteiger partial charge in [-0.25, -0.2) is 0 Å². The SMILES string of the molecule is COc1ccccc1-c1cc(C(=O)Nc2ccccc2)[nH]n1. The smallest absolute Gasteiger partial charge is 0.273 e. The first-order chi connectivity index (χ1) is 10.8. The number of carbonyl (C=O) groups is 1. The number of hydrogen-bond acceptors (Lipinski definition) is 3. The van der Waals surface area contributed by atoms with Crippen LogP contribution in [0.15, 0.2) is 60.7 Å². The highest BCUT2D eigenvalue weighted by Gasteiger charge is 2.13. The Labute approximate surface area is 127 Å². The molecule has 0 fully saturated rings. The number of benzene rings is 2. The van der Waals surface area contributed by atoms with Gasteiger partial charge in [0.1, 0.15) is 11.4 Å². The van der Waals surface area contributed by atoms with E-state index in [-0.39, 0.29) is 5.91 Å². The molecule has 3 aromatic rings. The number of nitrogens with one attached hydrogen (secondary N) is 2. The molecule has 0 aliphatic heterocycles. The molecule has 2 N–H and O–H groups in total. The second-order valence-electron chi connectivity index (χ2n) is 4.69. The fraction of sp³-hybridized carbons (Fsp3) is 0.0588. The molecule has 0 radical (unpaired) electrons. The van der Waals surface area contributed by atoms with E-state index in [1.54, 1.807) is 13.2 Å². The molecule has 0 aliphatic carbocycles. The van der Waals surface area contributed by atoms with Gasteiger partial charge in [0, 0.05) is 11.3 Å². The number of ether oxygens (including phenoxy) is 1. The van der Waals surface area contributed by atoms with E-state index in [2.05, 4.69) is 15.5 Å². The van der Waals surface area contributed by atoms with Crippen molar-refractivity contribution in [2.75, 3.05) is 12.4 Å². The summed E-state index contributed by atoms with van der Waals surface area (Å²) in [5, 5.41) is 9.76. The minimum absolute atomic E-state index is 0.236. The van der Waals surface area contributed by atoms with Gasteiger partial charge < -0.3 is 10.1 Å². The summed E-state index contributed by atoms with van der Waals surface area (Å²) in [5.74, 6) is 0.476. The number of nitrogens with zero attached hydrogens (tertiary/aromatic N) is 1. The van der Waals surface area contributed by atoms with E-state index in [1.165, 1.54) is 0 Å². The third kappa shape index (κ3) is 2.83. The minimum Gasteiger partial charge on any atom is -0.496 e. The van der Waals surface area contributed by atoms with Crippen LogP contribution in [0, 0.1) is 0 Å². The highest BCUT2D eigenvalue weighted by molar-refractivity contribution is 6.03. The average Bonchev–Trinajstić information content (AvgIpc) is 3.05. The maximum absolute atomic E-state index is 12.2. The third-order valence-corrected chi connectivity index (χ3v) is 3.24. The number of amides is 1. The number of H-pyrrole nitrogens is 1. The van der Waals surface area contributed by atoms with Crippen molar-refractivity contribution in [2.45, 2.75) is 0 Å². The van der Waals surface area contributed by atoms with Crippen LogP contribution in [-0.2, 0) is 0 Å². The van der Waals surface area contributed by atoms with Gasteiger partial charge in [0.2, 0.25) is 0 Å². The average molecular weight is 293 g/mol. The lowest BCUT2D eigenvalue weighted by molar-refractivity contribution is 0.102. The Balaban J connectivity index is 1.83. The normalized spacial score (nSPS) is 10.2. The summed E-state index contributed by atoms with van der Waals surface area (Å²) < 4.78 is 5.31. The zero-order valence-electron chi connectivity index (χ0n) is 12.0. The maximum atomic E-state index is 12.2. The second kappa shape index (κ2) is 6.13. The number of methoxy groups -OCH3 is 1. The molecule has 1 aromatic heterocycles. The summed E-state index contributed by atoms with van der Waals surface area (Å²) >= 11 is 0. The number of carbonyl (C=O) groups excluding carboxylic acids is 1. The number of aromatic nitrogens is 2. The van der Waals surface area contributed by atoms with Gasteiger partial charge in [0.05, 0.1) is 12.8 Å². The van der Waals surface area contributed by atoms with Gasteiger partial charge in [-0.1, -0.05) is 30.3 Å². The van der Waals surface area contributed by atoms with Gasteiger partial charge >= 0.3 is 0 Å². The van der Waals surface area contributed by atoms with Crippen molar-refractivity contribution >= 4 is 11.6 Å². The van der Waals surface area contributed by atoms with Crippen molar-refractivity contribution in [1.82, 2.24) is 10.2 Å². The summed E-state index contributed by atoms with van der Waals surface area (Å²) in [5.41, 5.74) is 2.63. The second-order valence-corrected chi connectivity index (χ2v) is 4.69. The molecule has 0 unspecified atom stereocenters. The molecule has 0 spiro atoms. The molecular formula is C17H15N3O2. The largest absolute Gasteiger partial charge is 0.496 e. The molecule has 110 valence electrons. The summed E-state index contributed by atoms with van der Waals surface area (Å²) in [6.45, 7) is 0. The minimum atomic E-state index is -0.236. The van der Waals surface area contributed by atoms with E-state index in [0.29, 0.717) is 17.1 Å². The lowest BCUT2D eigenvalue weighted by Crippen LogP contribution is -2.12. The molecule has 3 rings (SSSR count). The zero-order chi connectivity index (χ0) is 15.4. The molecule has 0 saturated heterocycles. The van der Waals surface area contributed by atoms with E-state index in [1.807, 2.05) is 54.6 Å². The molecular weight excluding hydrogens is 278 g/mol. The van der Waals surface area contributed by atoms with Gasteiger partial charge in [-0.15, -0.1) is 0 Å². The Kier molecular flexibility index (Phi) is 3.87. The van der Waals surface area contributed by atoms with Crippen molar-refractivity contribution in [2.24, 2.45) is 0 Å². The molecule has 0 aliphatic rings. The number of hydrogen-bond donors (Lipinski definition) is 2. The van der Waals surface area contributed by atoms with Gasteiger partial charge in [0.25, 0.3) is 5.91 Å². The topological polar surface area (TPSA) is 67.0 Å². The van der Waals surface area contributed by atoms with Crippen LogP contribution in [0.3, 0.4) is 0 Å². The fourth-order valence-electron chi connectivity index (χ4n) is 2.15. The molecule has 5 heteroatoms. The number of rotatable bonds is 4. The number of aromatic amines is 1. The Hall–Kier alpha value is -3.08. The molecule has 2 aromatic carbocycles. The number of anilines is 1. The van der Waals surface area contributed by atoms with Crippen LogP contribution >= 0.6 is 0 Å². The number of para-hydroxylation sites is 2. The Bertz CT molecular complexity index is 781. The lowest BCUT2D eigenvalue weighted by Gasteiger charge is -2.04. The first-order valence-electron chi connectivity index (χ1n) is 6.83. The van der Waals surface area contributed by atoms with Crippen molar-refractivity contribution < 1.29 is 9.53 Å².